The lowest BCUT2D eigenvalue weighted by Crippen LogP contribution is -1.94. The maximum atomic E-state index is 15.3. The summed E-state index contributed by atoms with van der Waals surface area (Å²) < 4.78 is 17.0. The van der Waals surface area contributed by atoms with E-state index >= 15 is 4.39 Å². The Bertz CT molecular complexity index is 1550. The summed E-state index contributed by atoms with van der Waals surface area (Å²) in [7, 11) is 0. The van der Waals surface area contributed by atoms with Gasteiger partial charge in [-0.2, -0.15) is 10.2 Å². The molecule has 0 radical (unpaired) electrons. The van der Waals surface area contributed by atoms with Gasteiger partial charge >= 0.3 is 0 Å². The Balaban J connectivity index is 1.66. The number of rotatable bonds is 5. The molecule has 5 rings (SSSR count). The van der Waals surface area contributed by atoms with Gasteiger partial charge in [-0.25, -0.2) is 13.9 Å². The zero-order chi connectivity index (χ0) is 23.8. The summed E-state index contributed by atoms with van der Waals surface area (Å²) in [5.74, 6) is -0.315. The Morgan fingerprint density at radius 2 is 2.00 bits per heavy atom. The first-order valence-corrected chi connectivity index (χ1v) is 11.4. The number of aryl methyl sites for hydroxylation is 2. The Labute approximate surface area is 201 Å². The average Bonchev–Trinajstić information content (AvgIpc) is 3.45. The topological polar surface area (TPSA) is 50.9 Å². The predicted octanol–water partition coefficient (Wildman–Crippen LogP) is 7.69. The summed E-state index contributed by atoms with van der Waals surface area (Å²) in [5, 5.41) is 13.3. The van der Waals surface area contributed by atoms with Crippen molar-refractivity contribution in [2.24, 2.45) is 0 Å². The highest BCUT2D eigenvalue weighted by molar-refractivity contribution is 6.32. The van der Waals surface area contributed by atoms with E-state index in [-0.39, 0.29) is 5.82 Å². The quantitative estimate of drug-likeness (QED) is 0.268. The van der Waals surface area contributed by atoms with Crippen LogP contribution in [0.4, 0.5) is 10.1 Å². The molecule has 168 valence electrons. The number of halogens is 2. The highest BCUT2D eigenvalue weighted by atomic mass is 35.5. The van der Waals surface area contributed by atoms with Gasteiger partial charge in [0, 0.05) is 22.7 Å². The lowest BCUT2D eigenvalue weighted by Gasteiger charge is -2.12. The largest absolute Gasteiger partial charge is 0.278 e. The number of H-pyrrole nitrogens is 1. The second kappa shape index (κ2) is 8.77. The molecule has 0 spiro atoms. The Kier molecular flexibility index (Phi) is 5.64. The van der Waals surface area contributed by atoms with E-state index in [9.17, 15) is 0 Å². The molecule has 7 heteroatoms. The smallest absolute Gasteiger partial charge is 0.197 e. The molecule has 2 heterocycles. The molecule has 0 saturated heterocycles. The van der Waals surface area contributed by atoms with E-state index < -0.39 is 0 Å². The molecule has 0 amide bonds. The number of aromatic amines is 1. The standard InChI is InChI=1S/C27H21ClFN5/c1-4-7-17-10-16(2)26(22(29)11-17)19-12-20-24(13-23(19)30-3)32-33-27(20)18-14-31-34(15-18)25-9-6-5-8-21(25)28/h5-6,8-15H,4,7H2,1-2H3,(H,32,33). The first-order valence-electron chi connectivity index (χ1n) is 11.0. The van der Waals surface area contributed by atoms with Crippen molar-refractivity contribution in [1.82, 2.24) is 20.0 Å². The molecular formula is C27H21ClFN5. The second-order valence-corrected chi connectivity index (χ2v) is 8.65. The minimum Gasteiger partial charge on any atom is -0.278 e. The van der Waals surface area contributed by atoms with Gasteiger partial charge in [-0.3, -0.25) is 5.10 Å². The monoisotopic (exact) mass is 469 g/mol. The van der Waals surface area contributed by atoms with E-state index in [4.69, 9.17) is 18.2 Å². The molecule has 5 nitrogen and oxygen atoms in total. The van der Waals surface area contributed by atoms with E-state index in [1.807, 2.05) is 49.5 Å². The van der Waals surface area contributed by atoms with Gasteiger partial charge in [0.15, 0.2) is 5.69 Å². The first kappa shape index (κ1) is 21.9. The molecule has 0 unspecified atom stereocenters. The molecule has 2 aromatic heterocycles. The van der Waals surface area contributed by atoms with Crippen LogP contribution in [0.1, 0.15) is 24.5 Å². The Morgan fingerprint density at radius 3 is 2.74 bits per heavy atom. The van der Waals surface area contributed by atoms with Crippen LogP contribution in [0.15, 0.2) is 60.9 Å². The molecule has 0 aliphatic rings. The summed E-state index contributed by atoms with van der Waals surface area (Å²) in [6, 6.07) is 14.6. The van der Waals surface area contributed by atoms with Crippen LogP contribution in [0.2, 0.25) is 5.02 Å². The van der Waals surface area contributed by atoms with Gasteiger partial charge in [-0.05, 0) is 54.3 Å². The predicted molar refractivity (Wildman–Crippen MR) is 134 cm³/mol. The molecule has 0 bridgehead atoms. The van der Waals surface area contributed by atoms with Crippen LogP contribution in [-0.2, 0) is 6.42 Å². The molecule has 0 saturated carbocycles. The summed E-state index contributed by atoms with van der Waals surface area (Å²) in [5.41, 5.74) is 6.07. The van der Waals surface area contributed by atoms with Crippen LogP contribution in [0, 0.1) is 19.3 Å². The van der Waals surface area contributed by atoms with E-state index in [1.165, 1.54) is 0 Å². The molecule has 3 aromatic carbocycles. The third-order valence-corrected chi connectivity index (χ3v) is 6.23. The van der Waals surface area contributed by atoms with Crippen molar-refractivity contribution in [1.29, 1.82) is 0 Å². The van der Waals surface area contributed by atoms with Gasteiger partial charge in [-0.15, -0.1) is 0 Å². The SMILES string of the molecule is [C-]#[N+]c1cc2[nH]nc(-c3cnn(-c4ccccc4Cl)c3)c2cc1-c1c(C)cc(CCC)cc1F. The molecule has 5 aromatic rings. The number of nitrogens with one attached hydrogen (secondary N) is 1. The Morgan fingerprint density at radius 1 is 1.18 bits per heavy atom. The Hall–Kier alpha value is -3.95. The molecule has 0 aliphatic carbocycles. The van der Waals surface area contributed by atoms with E-state index in [1.54, 1.807) is 23.0 Å². The van der Waals surface area contributed by atoms with Crippen LogP contribution in [-0.4, -0.2) is 20.0 Å². The summed E-state index contributed by atoms with van der Waals surface area (Å²) >= 11 is 6.32. The highest BCUT2D eigenvalue weighted by Gasteiger charge is 2.19. The van der Waals surface area contributed by atoms with Crippen molar-refractivity contribution in [3.63, 3.8) is 0 Å². The zero-order valence-electron chi connectivity index (χ0n) is 18.7. The van der Waals surface area contributed by atoms with Crippen molar-refractivity contribution in [3.05, 3.63) is 94.3 Å². The second-order valence-electron chi connectivity index (χ2n) is 8.24. The van der Waals surface area contributed by atoms with Crippen LogP contribution < -0.4 is 0 Å². The van der Waals surface area contributed by atoms with Crippen molar-refractivity contribution in [2.75, 3.05) is 0 Å². The number of nitrogens with zero attached hydrogens (tertiary/aromatic N) is 4. The van der Waals surface area contributed by atoms with Crippen LogP contribution >= 0.6 is 11.6 Å². The van der Waals surface area contributed by atoms with Gasteiger partial charge in [-0.1, -0.05) is 49.2 Å². The molecule has 34 heavy (non-hydrogen) atoms. The van der Waals surface area contributed by atoms with Crippen LogP contribution in [0.25, 0.3) is 43.8 Å². The van der Waals surface area contributed by atoms with Gasteiger partial charge in [0.05, 0.1) is 29.0 Å². The lowest BCUT2D eigenvalue weighted by atomic mass is 9.93. The van der Waals surface area contributed by atoms with Gasteiger partial charge < -0.3 is 0 Å². The number of benzene rings is 3. The maximum Gasteiger partial charge on any atom is 0.197 e. The van der Waals surface area contributed by atoms with E-state index in [0.717, 1.165) is 40.6 Å². The molecular weight excluding hydrogens is 449 g/mol. The summed E-state index contributed by atoms with van der Waals surface area (Å²) in [6.07, 6.45) is 5.32. The number of fused-ring (bicyclic) bond motifs is 1. The van der Waals surface area contributed by atoms with Crippen molar-refractivity contribution in [3.8, 4) is 28.1 Å². The minimum atomic E-state index is -0.315. The first-order chi connectivity index (χ1) is 16.5. The third kappa shape index (κ3) is 3.74. The third-order valence-electron chi connectivity index (χ3n) is 5.91. The number of hydrogen-bond donors (Lipinski definition) is 1. The molecule has 0 fully saturated rings. The average molecular weight is 470 g/mol. The molecule has 0 atom stereocenters. The number of aromatic nitrogens is 4. The zero-order valence-corrected chi connectivity index (χ0v) is 19.5. The van der Waals surface area contributed by atoms with Crippen molar-refractivity contribution < 1.29 is 4.39 Å². The minimum absolute atomic E-state index is 0.315. The van der Waals surface area contributed by atoms with Gasteiger partial charge in [0.25, 0.3) is 0 Å². The van der Waals surface area contributed by atoms with Gasteiger partial charge in [0.2, 0.25) is 0 Å². The fourth-order valence-corrected chi connectivity index (χ4v) is 4.59. The van der Waals surface area contributed by atoms with Crippen LogP contribution in [0.3, 0.4) is 0 Å². The van der Waals surface area contributed by atoms with Crippen molar-refractivity contribution >= 4 is 28.2 Å². The summed E-state index contributed by atoms with van der Waals surface area (Å²) in [6.45, 7) is 11.6. The van der Waals surface area contributed by atoms with Crippen LogP contribution in [0.5, 0.6) is 0 Å². The highest BCUT2D eigenvalue weighted by Crippen LogP contribution is 2.40. The van der Waals surface area contributed by atoms with Gasteiger partial charge in [0.1, 0.15) is 11.5 Å². The van der Waals surface area contributed by atoms with E-state index in [2.05, 4.69) is 27.1 Å². The fourth-order valence-electron chi connectivity index (χ4n) is 4.37. The van der Waals surface area contributed by atoms with Crippen molar-refractivity contribution in [2.45, 2.75) is 26.7 Å². The number of para-hydroxylation sites is 1. The number of hydrogen-bond acceptors (Lipinski definition) is 2. The summed E-state index contributed by atoms with van der Waals surface area (Å²) in [4.78, 5) is 3.68. The van der Waals surface area contributed by atoms with E-state index in [0.29, 0.717) is 33.0 Å². The molecule has 0 aliphatic heterocycles. The fraction of sp³-hybridized carbons (Fsp3) is 0.148. The lowest BCUT2D eigenvalue weighted by molar-refractivity contribution is 0.627. The molecule has 1 N–H and O–H groups in total. The normalized spacial score (nSPS) is 11.1. The maximum absolute atomic E-state index is 15.3.